The van der Waals surface area contributed by atoms with Gasteiger partial charge in [0.15, 0.2) is 9.84 Å². The van der Waals surface area contributed by atoms with Gasteiger partial charge >= 0.3 is 0 Å². The fourth-order valence-electron chi connectivity index (χ4n) is 4.08. The number of hydrogen-bond donors (Lipinski definition) is 0. The molecule has 1 aliphatic rings. The fourth-order valence-corrected chi connectivity index (χ4v) is 5.89. The summed E-state index contributed by atoms with van der Waals surface area (Å²) in [5.41, 5.74) is 2.19. The molecule has 1 aromatic carbocycles. The lowest BCUT2D eigenvalue weighted by Gasteiger charge is -2.35. The maximum Gasteiger partial charge on any atom is 0.272 e. The van der Waals surface area contributed by atoms with Gasteiger partial charge in [0, 0.05) is 12.6 Å². The molecule has 1 aromatic heterocycles. The van der Waals surface area contributed by atoms with E-state index < -0.39 is 9.84 Å². The molecule has 5 nitrogen and oxygen atoms in total. The van der Waals surface area contributed by atoms with E-state index in [2.05, 4.69) is 11.9 Å². The predicted octanol–water partition coefficient (Wildman–Crippen LogP) is 4.08. The van der Waals surface area contributed by atoms with Crippen LogP contribution in [0.25, 0.3) is 0 Å². The quantitative estimate of drug-likeness (QED) is 0.758. The molecule has 0 aliphatic carbocycles. The molecule has 150 valence electrons. The number of benzene rings is 1. The minimum absolute atomic E-state index is 0.0992. The zero-order valence-electron chi connectivity index (χ0n) is 16.8. The number of nitrogens with zero attached hydrogens (tertiary/aromatic N) is 2. The van der Waals surface area contributed by atoms with Gasteiger partial charge in [0.25, 0.3) is 5.91 Å². The summed E-state index contributed by atoms with van der Waals surface area (Å²) in [7, 11) is -3.54. The van der Waals surface area contributed by atoms with E-state index in [-0.39, 0.29) is 17.7 Å². The average Bonchev–Trinajstić information content (AvgIpc) is 2.67. The summed E-state index contributed by atoms with van der Waals surface area (Å²) in [5.74, 6) is -0.310. The van der Waals surface area contributed by atoms with Crippen molar-refractivity contribution in [3.8, 4) is 0 Å². The predicted molar refractivity (Wildman–Crippen MR) is 110 cm³/mol. The highest BCUT2D eigenvalue weighted by Crippen LogP contribution is 2.24. The van der Waals surface area contributed by atoms with Crippen LogP contribution in [-0.4, -0.2) is 36.8 Å². The first kappa shape index (κ1) is 20.5. The van der Waals surface area contributed by atoms with Gasteiger partial charge in [-0.3, -0.25) is 4.79 Å². The molecule has 0 N–H and O–H groups in total. The number of carbonyl (C=O) groups is 1. The molecule has 1 aliphatic heterocycles. The van der Waals surface area contributed by atoms with Crippen LogP contribution in [-0.2, 0) is 15.6 Å². The van der Waals surface area contributed by atoms with Crippen molar-refractivity contribution in [3.63, 3.8) is 0 Å². The van der Waals surface area contributed by atoms with Crippen LogP contribution < -0.4 is 0 Å². The van der Waals surface area contributed by atoms with Crippen molar-refractivity contribution in [1.29, 1.82) is 0 Å². The molecular weight excluding hydrogens is 372 g/mol. The number of aromatic nitrogens is 1. The summed E-state index contributed by atoms with van der Waals surface area (Å²) in [6.45, 7) is 6.43. The van der Waals surface area contributed by atoms with E-state index in [1.165, 1.54) is 0 Å². The SMILES string of the molecule is CCC1CCCCN1C(=O)c1cccc(CS(=O)(=O)c2c(C)cccc2C)n1. The number of piperidine rings is 1. The van der Waals surface area contributed by atoms with Gasteiger partial charge in [-0.1, -0.05) is 31.2 Å². The standard InChI is InChI=1S/C22H28N2O3S/c1-4-19-12-5-6-14-24(19)22(25)20-13-8-11-18(23-20)15-28(26,27)21-16(2)9-7-10-17(21)3/h7-11,13,19H,4-6,12,14-15H2,1-3H3. The summed E-state index contributed by atoms with van der Waals surface area (Å²) in [6.07, 6.45) is 4.09. The van der Waals surface area contributed by atoms with Crippen molar-refractivity contribution in [2.75, 3.05) is 6.54 Å². The molecular formula is C22H28N2O3S. The molecule has 2 heterocycles. The fraction of sp³-hybridized carbons (Fsp3) is 0.455. The van der Waals surface area contributed by atoms with Gasteiger partial charge < -0.3 is 4.90 Å². The minimum atomic E-state index is -3.54. The van der Waals surface area contributed by atoms with Gasteiger partial charge in [-0.25, -0.2) is 13.4 Å². The van der Waals surface area contributed by atoms with E-state index in [9.17, 15) is 13.2 Å². The van der Waals surface area contributed by atoms with Crippen LogP contribution in [0.4, 0.5) is 0 Å². The Morgan fingerprint density at radius 2 is 1.79 bits per heavy atom. The van der Waals surface area contributed by atoms with Crippen molar-refractivity contribution in [2.24, 2.45) is 0 Å². The van der Waals surface area contributed by atoms with E-state index in [1.54, 1.807) is 44.2 Å². The Morgan fingerprint density at radius 3 is 2.46 bits per heavy atom. The highest BCUT2D eigenvalue weighted by molar-refractivity contribution is 7.90. The largest absolute Gasteiger partial charge is 0.334 e. The lowest BCUT2D eigenvalue weighted by molar-refractivity contribution is 0.0601. The first-order valence-corrected chi connectivity index (χ1v) is 11.5. The Bertz CT molecular complexity index is 949. The number of amides is 1. The van der Waals surface area contributed by atoms with Crippen molar-refractivity contribution >= 4 is 15.7 Å². The van der Waals surface area contributed by atoms with Crippen LogP contribution in [0, 0.1) is 13.8 Å². The number of hydrogen-bond acceptors (Lipinski definition) is 4. The van der Waals surface area contributed by atoms with E-state index in [0.29, 0.717) is 16.3 Å². The Labute approximate surface area is 167 Å². The van der Waals surface area contributed by atoms with Gasteiger partial charge in [0.05, 0.1) is 16.3 Å². The van der Waals surface area contributed by atoms with Gasteiger partial charge in [-0.05, 0) is 62.8 Å². The number of sulfone groups is 1. The first-order chi connectivity index (χ1) is 13.3. The highest BCUT2D eigenvalue weighted by atomic mass is 32.2. The lowest BCUT2D eigenvalue weighted by atomic mass is 9.99. The summed E-state index contributed by atoms with van der Waals surface area (Å²) in [6, 6.07) is 10.8. The molecule has 2 aromatic rings. The van der Waals surface area contributed by atoms with Crippen LogP contribution >= 0.6 is 0 Å². The zero-order valence-corrected chi connectivity index (χ0v) is 17.6. The second-order valence-corrected chi connectivity index (χ2v) is 9.48. The van der Waals surface area contributed by atoms with E-state index in [4.69, 9.17) is 0 Å². The Kier molecular flexibility index (Phi) is 6.18. The van der Waals surface area contributed by atoms with Gasteiger partial charge in [-0.2, -0.15) is 0 Å². The van der Waals surface area contributed by atoms with Crippen molar-refractivity contribution < 1.29 is 13.2 Å². The van der Waals surface area contributed by atoms with Gasteiger partial charge in [0.2, 0.25) is 0 Å². The summed E-state index contributed by atoms with van der Waals surface area (Å²) < 4.78 is 26.0. The van der Waals surface area contributed by atoms with Crippen LogP contribution in [0.15, 0.2) is 41.3 Å². The maximum atomic E-state index is 13.0. The second kappa shape index (κ2) is 8.43. The highest BCUT2D eigenvalue weighted by Gasteiger charge is 2.27. The molecule has 1 atom stereocenters. The third-order valence-electron chi connectivity index (χ3n) is 5.44. The normalized spacial score (nSPS) is 17.5. The van der Waals surface area contributed by atoms with Crippen LogP contribution in [0.1, 0.15) is 59.9 Å². The van der Waals surface area contributed by atoms with Crippen LogP contribution in [0.2, 0.25) is 0 Å². The topological polar surface area (TPSA) is 67.3 Å². The summed E-state index contributed by atoms with van der Waals surface area (Å²) in [4.78, 5) is 19.7. The number of pyridine rings is 1. The van der Waals surface area contributed by atoms with Crippen molar-refractivity contribution in [2.45, 2.75) is 63.1 Å². The molecule has 0 saturated carbocycles. The Balaban J connectivity index is 1.86. The molecule has 1 fully saturated rings. The Morgan fingerprint density at radius 1 is 1.11 bits per heavy atom. The molecule has 28 heavy (non-hydrogen) atoms. The molecule has 1 amide bonds. The van der Waals surface area contributed by atoms with E-state index in [0.717, 1.165) is 43.4 Å². The van der Waals surface area contributed by atoms with Gasteiger partial charge in [0.1, 0.15) is 5.69 Å². The van der Waals surface area contributed by atoms with Crippen LogP contribution in [0.5, 0.6) is 0 Å². The lowest BCUT2D eigenvalue weighted by Crippen LogP contribution is -2.43. The molecule has 1 unspecified atom stereocenters. The molecule has 1 saturated heterocycles. The molecule has 0 radical (unpaired) electrons. The number of aryl methyl sites for hydroxylation is 2. The minimum Gasteiger partial charge on any atom is -0.334 e. The van der Waals surface area contributed by atoms with Crippen molar-refractivity contribution in [3.05, 3.63) is 58.9 Å². The van der Waals surface area contributed by atoms with E-state index >= 15 is 0 Å². The molecule has 6 heteroatoms. The summed E-state index contributed by atoms with van der Waals surface area (Å²) in [5, 5.41) is 0. The van der Waals surface area contributed by atoms with E-state index in [1.807, 2.05) is 11.0 Å². The number of likely N-dealkylation sites (tertiary alicyclic amines) is 1. The van der Waals surface area contributed by atoms with Crippen molar-refractivity contribution in [1.82, 2.24) is 9.88 Å². The van der Waals surface area contributed by atoms with Crippen LogP contribution in [0.3, 0.4) is 0 Å². The smallest absolute Gasteiger partial charge is 0.272 e. The van der Waals surface area contributed by atoms with Gasteiger partial charge in [-0.15, -0.1) is 0 Å². The first-order valence-electron chi connectivity index (χ1n) is 9.89. The Hall–Kier alpha value is -2.21. The number of carbonyl (C=O) groups excluding carboxylic acids is 1. The molecule has 0 bridgehead atoms. The third kappa shape index (κ3) is 4.27. The second-order valence-electron chi connectivity index (χ2n) is 7.55. The summed E-state index contributed by atoms with van der Waals surface area (Å²) >= 11 is 0. The maximum absolute atomic E-state index is 13.0. The molecule has 0 spiro atoms. The zero-order chi connectivity index (χ0) is 20.3. The molecule has 3 rings (SSSR count). The third-order valence-corrected chi connectivity index (χ3v) is 7.38. The number of rotatable bonds is 5. The monoisotopic (exact) mass is 400 g/mol. The average molecular weight is 401 g/mol.